The van der Waals surface area contributed by atoms with Crippen LogP contribution in [0.3, 0.4) is 0 Å². The van der Waals surface area contributed by atoms with Gasteiger partial charge in [0.05, 0.1) is 13.2 Å². The minimum atomic E-state index is 0.0844. The zero-order valence-corrected chi connectivity index (χ0v) is 12.8. The molecule has 3 heteroatoms. The molecule has 0 saturated carbocycles. The number of benzene rings is 1. The van der Waals surface area contributed by atoms with Gasteiger partial charge in [0.1, 0.15) is 6.10 Å². The smallest absolute Gasteiger partial charge is 0.164 e. The Kier molecular flexibility index (Phi) is 5.74. The number of thiocarbonyl (C=S) groups is 1. The summed E-state index contributed by atoms with van der Waals surface area (Å²) < 4.78 is 11.6. The molecule has 1 fully saturated rings. The van der Waals surface area contributed by atoms with Crippen LogP contribution in [0.25, 0.3) is 0 Å². The van der Waals surface area contributed by atoms with Crippen LogP contribution in [0.15, 0.2) is 43.0 Å². The fourth-order valence-corrected chi connectivity index (χ4v) is 3.18. The summed E-state index contributed by atoms with van der Waals surface area (Å²) in [5.41, 5.74) is 1.18. The first-order chi connectivity index (χ1) is 9.76. The lowest BCUT2D eigenvalue weighted by Crippen LogP contribution is -2.24. The minimum Gasteiger partial charge on any atom is -0.481 e. The third-order valence-electron chi connectivity index (χ3n) is 3.85. The van der Waals surface area contributed by atoms with Gasteiger partial charge in [0, 0.05) is 11.8 Å². The van der Waals surface area contributed by atoms with E-state index < -0.39 is 0 Å². The number of rotatable bonds is 7. The van der Waals surface area contributed by atoms with Crippen LogP contribution >= 0.6 is 12.2 Å². The Labute approximate surface area is 126 Å². The third kappa shape index (κ3) is 3.68. The first-order valence-corrected chi connectivity index (χ1v) is 7.60. The molecule has 108 valence electrons. The van der Waals surface area contributed by atoms with Gasteiger partial charge in [-0.15, -0.1) is 6.58 Å². The topological polar surface area (TPSA) is 18.5 Å². The lowest BCUT2D eigenvalue weighted by Gasteiger charge is -2.19. The number of hydrogen-bond donors (Lipinski definition) is 0. The Hall–Kier alpha value is -1.19. The van der Waals surface area contributed by atoms with E-state index in [4.69, 9.17) is 21.7 Å². The number of ether oxygens (including phenoxy) is 2. The van der Waals surface area contributed by atoms with Crippen LogP contribution in [0, 0.1) is 11.8 Å². The van der Waals surface area contributed by atoms with E-state index in [9.17, 15) is 0 Å². The molecule has 0 aromatic heterocycles. The SMILES string of the molecule is C=CCC1C(=S)OC(COCc2ccccc2)C1CC. The van der Waals surface area contributed by atoms with Gasteiger partial charge in [-0.3, -0.25) is 0 Å². The fraction of sp³-hybridized carbons (Fsp3) is 0.471. The van der Waals surface area contributed by atoms with E-state index in [1.807, 2.05) is 24.3 Å². The lowest BCUT2D eigenvalue weighted by molar-refractivity contribution is 0.0242. The minimum absolute atomic E-state index is 0.0844. The Bertz CT molecular complexity index is 444. The molecule has 3 atom stereocenters. The van der Waals surface area contributed by atoms with Gasteiger partial charge >= 0.3 is 0 Å². The van der Waals surface area contributed by atoms with Crippen molar-refractivity contribution in [3.05, 3.63) is 48.6 Å². The zero-order chi connectivity index (χ0) is 14.4. The van der Waals surface area contributed by atoms with Gasteiger partial charge in [-0.1, -0.05) is 43.3 Å². The molecule has 1 aromatic rings. The fourth-order valence-electron chi connectivity index (χ4n) is 2.78. The van der Waals surface area contributed by atoms with Crippen LogP contribution in [-0.2, 0) is 16.1 Å². The maximum Gasteiger partial charge on any atom is 0.164 e. The summed E-state index contributed by atoms with van der Waals surface area (Å²) in [7, 11) is 0. The molecule has 2 nitrogen and oxygen atoms in total. The summed E-state index contributed by atoms with van der Waals surface area (Å²) in [6, 6.07) is 10.2. The van der Waals surface area contributed by atoms with E-state index in [1.54, 1.807) is 0 Å². The maximum absolute atomic E-state index is 5.83. The van der Waals surface area contributed by atoms with E-state index in [0.717, 1.165) is 17.9 Å². The summed E-state index contributed by atoms with van der Waals surface area (Å²) in [5.74, 6) is 0.758. The predicted molar refractivity (Wildman–Crippen MR) is 85.7 cm³/mol. The molecular formula is C17H22O2S. The van der Waals surface area contributed by atoms with Crippen molar-refractivity contribution in [3.8, 4) is 0 Å². The molecule has 3 unspecified atom stereocenters. The second-order valence-electron chi connectivity index (χ2n) is 5.18. The van der Waals surface area contributed by atoms with Crippen LogP contribution in [0.1, 0.15) is 25.3 Å². The van der Waals surface area contributed by atoms with Gasteiger partial charge in [-0.2, -0.15) is 0 Å². The van der Waals surface area contributed by atoms with Gasteiger partial charge in [0.25, 0.3) is 0 Å². The molecule has 1 aliphatic rings. The van der Waals surface area contributed by atoms with Crippen LogP contribution in [0.2, 0.25) is 0 Å². The zero-order valence-electron chi connectivity index (χ0n) is 12.0. The van der Waals surface area contributed by atoms with E-state index in [-0.39, 0.29) is 6.10 Å². The molecule has 0 bridgehead atoms. The summed E-state index contributed by atoms with van der Waals surface area (Å²) in [6.07, 6.45) is 3.96. The molecule has 0 aliphatic carbocycles. The van der Waals surface area contributed by atoms with E-state index in [0.29, 0.717) is 25.0 Å². The summed E-state index contributed by atoms with van der Waals surface area (Å²) >= 11 is 5.34. The van der Waals surface area contributed by atoms with E-state index in [1.165, 1.54) is 5.56 Å². The molecule has 1 aromatic carbocycles. The van der Waals surface area contributed by atoms with Crippen molar-refractivity contribution < 1.29 is 9.47 Å². The molecule has 2 rings (SSSR count). The molecule has 1 aliphatic heterocycles. The second kappa shape index (κ2) is 7.55. The molecule has 20 heavy (non-hydrogen) atoms. The van der Waals surface area contributed by atoms with Crippen molar-refractivity contribution in [2.24, 2.45) is 11.8 Å². The molecule has 0 N–H and O–H groups in total. The van der Waals surface area contributed by atoms with Crippen molar-refractivity contribution >= 4 is 17.3 Å². The van der Waals surface area contributed by atoms with Crippen molar-refractivity contribution in [1.29, 1.82) is 0 Å². The van der Waals surface area contributed by atoms with Crippen LogP contribution in [0.4, 0.5) is 0 Å². The largest absolute Gasteiger partial charge is 0.481 e. The summed E-state index contributed by atoms with van der Waals surface area (Å²) in [6.45, 7) is 7.21. The normalized spacial score (nSPS) is 25.4. The first kappa shape index (κ1) is 15.2. The molecule has 0 amide bonds. The third-order valence-corrected chi connectivity index (χ3v) is 4.25. The highest BCUT2D eigenvalue weighted by Gasteiger charge is 2.39. The molecular weight excluding hydrogens is 268 g/mol. The van der Waals surface area contributed by atoms with Crippen molar-refractivity contribution in [2.45, 2.75) is 32.5 Å². The van der Waals surface area contributed by atoms with Gasteiger partial charge in [0.15, 0.2) is 5.05 Å². The van der Waals surface area contributed by atoms with Crippen molar-refractivity contribution in [2.75, 3.05) is 6.61 Å². The monoisotopic (exact) mass is 290 g/mol. The number of hydrogen-bond acceptors (Lipinski definition) is 3. The van der Waals surface area contributed by atoms with E-state index in [2.05, 4.69) is 25.6 Å². The quantitative estimate of drug-likeness (QED) is 0.555. The maximum atomic E-state index is 5.83. The Balaban J connectivity index is 1.86. The Morgan fingerprint density at radius 3 is 2.75 bits per heavy atom. The molecule has 1 saturated heterocycles. The second-order valence-corrected chi connectivity index (χ2v) is 5.58. The highest BCUT2D eigenvalue weighted by Crippen LogP contribution is 2.34. The van der Waals surface area contributed by atoms with Gasteiger partial charge in [0.2, 0.25) is 0 Å². The van der Waals surface area contributed by atoms with Gasteiger partial charge < -0.3 is 9.47 Å². The highest BCUT2D eigenvalue weighted by atomic mass is 32.1. The Morgan fingerprint density at radius 1 is 1.35 bits per heavy atom. The van der Waals surface area contributed by atoms with Crippen molar-refractivity contribution in [1.82, 2.24) is 0 Å². The molecule has 0 radical (unpaired) electrons. The van der Waals surface area contributed by atoms with Crippen LogP contribution < -0.4 is 0 Å². The van der Waals surface area contributed by atoms with Gasteiger partial charge in [-0.25, -0.2) is 0 Å². The molecule has 0 spiro atoms. The lowest BCUT2D eigenvalue weighted by atomic mass is 9.86. The number of allylic oxidation sites excluding steroid dienone is 1. The van der Waals surface area contributed by atoms with Gasteiger partial charge in [-0.05, 0) is 30.6 Å². The van der Waals surface area contributed by atoms with Crippen LogP contribution in [-0.4, -0.2) is 17.8 Å². The molecule has 1 heterocycles. The summed E-state index contributed by atoms with van der Waals surface area (Å²) in [4.78, 5) is 0. The highest BCUT2D eigenvalue weighted by molar-refractivity contribution is 7.80. The Morgan fingerprint density at radius 2 is 2.10 bits per heavy atom. The van der Waals surface area contributed by atoms with Crippen molar-refractivity contribution in [3.63, 3.8) is 0 Å². The first-order valence-electron chi connectivity index (χ1n) is 7.19. The standard InChI is InChI=1S/C17H22O2S/c1-3-8-15-14(4-2)16(19-17(15)20)12-18-11-13-9-6-5-7-10-13/h3,5-7,9-10,14-16H,1,4,8,11-12H2,2H3. The van der Waals surface area contributed by atoms with E-state index >= 15 is 0 Å². The average molecular weight is 290 g/mol. The summed E-state index contributed by atoms with van der Waals surface area (Å²) in [5, 5.41) is 0.727. The predicted octanol–water partition coefficient (Wildman–Crippen LogP) is 4.15. The average Bonchev–Trinajstić information content (AvgIpc) is 2.76. The van der Waals surface area contributed by atoms with Crippen LogP contribution in [0.5, 0.6) is 0 Å².